The number of anilines is 1. The maximum Gasteiger partial charge on any atom is 0.242 e. The van der Waals surface area contributed by atoms with Crippen LogP contribution >= 0.6 is 0 Å². The maximum absolute atomic E-state index is 12.0. The Labute approximate surface area is 139 Å². The Bertz CT molecular complexity index is 731. The number of hydrogen-bond acceptors (Lipinski definition) is 6. The van der Waals surface area contributed by atoms with E-state index in [-0.39, 0.29) is 18.4 Å². The summed E-state index contributed by atoms with van der Waals surface area (Å²) in [5.74, 6) is 0.669. The van der Waals surface area contributed by atoms with Gasteiger partial charge in [0.05, 0.1) is 6.20 Å². The smallest absolute Gasteiger partial charge is 0.242 e. The minimum Gasteiger partial charge on any atom is -0.350 e. The molecule has 2 N–H and O–H groups in total. The lowest BCUT2D eigenvalue weighted by atomic mass is 10.1. The Morgan fingerprint density at radius 2 is 1.79 bits per heavy atom. The Morgan fingerprint density at radius 3 is 2.42 bits per heavy atom. The maximum atomic E-state index is 12.0. The number of carbonyl (C=O) groups is 2. The van der Waals surface area contributed by atoms with Crippen molar-refractivity contribution in [3.8, 4) is 0 Å². The molecule has 2 amide bonds. The number of carbonyl (C=O) groups excluding carboxylic acids is 2. The van der Waals surface area contributed by atoms with Gasteiger partial charge in [-0.1, -0.05) is 12.1 Å². The van der Waals surface area contributed by atoms with Crippen LogP contribution in [0.3, 0.4) is 0 Å². The minimum atomic E-state index is -0.215. The van der Waals surface area contributed by atoms with E-state index in [0.717, 1.165) is 17.0 Å². The van der Waals surface area contributed by atoms with Crippen molar-refractivity contribution in [3.63, 3.8) is 0 Å². The predicted octanol–water partition coefficient (Wildman–Crippen LogP) is 0.658. The van der Waals surface area contributed by atoms with Crippen LogP contribution in [0.25, 0.3) is 0 Å². The van der Waals surface area contributed by atoms with Gasteiger partial charge in [-0.3, -0.25) is 9.59 Å². The number of nitrogens with one attached hydrogen (secondary N) is 2. The number of nitrogens with zero attached hydrogens (tertiary/aromatic N) is 5. The number of aryl methyl sites for hydroxylation is 3. The summed E-state index contributed by atoms with van der Waals surface area (Å²) < 4.78 is 1.37. The van der Waals surface area contributed by atoms with Gasteiger partial charge in [0.25, 0.3) is 0 Å². The van der Waals surface area contributed by atoms with Crippen LogP contribution in [0.4, 0.5) is 5.82 Å². The Hall–Kier alpha value is -2.84. The van der Waals surface area contributed by atoms with Crippen molar-refractivity contribution < 1.29 is 9.59 Å². The van der Waals surface area contributed by atoms with Gasteiger partial charge in [-0.25, -0.2) is 14.6 Å². The van der Waals surface area contributed by atoms with Crippen LogP contribution in [-0.2, 0) is 22.7 Å². The summed E-state index contributed by atoms with van der Waals surface area (Å²) in [6.07, 6.45) is 1.86. The Morgan fingerprint density at radius 1 is 1.12 bits per heavy atom. The lowest BCUT2D eigenvalue weighted by Gasteiger charge is -2.10. The van der Waals surface area contributed by atoms with Gasteiger partial charge in [-0.15, -0.1) is 5.10 Å². The van der Waals surface area contributed by atoms with E-state index in [1.165, 1.54) is 10.9 Å². The molecule has 24 heavy (non-hydrogen) atoms. The SMILES string of the molecule is CCC(=O)Nc1cn(CC(=O)NCc2c(C)nc(C)nc2C)nn1. The zero-order valence-electron chi connectivity index (χ0n) is 14.3. The van der Waals surface area contributed by atoms with Crippen molar-refractivity contribution in [3.05, 3.63) is 29.0 Å². The van der Waals surface area contributed by atoms with Gasteiger partial charge >= 0.3 is 0 Å². The molecule has 2 rings (SSSR count). The summed E-state index contributed by atoms with van der Waals surface area (Å²) in [4.78, 5) is 31.9. The first-order chi connectivity index (χ1) is 11.4. The minimum absolute atomic E-state index is 0.0137. The fourth-order valence-electron chi connectivity index (χ4n) is 2.22. The highest BCUT2D eigenvalue weighted by Gasteiger charge is 2.10. The molecule has 0 unspecified atom stereocenters. The zero-order valence-corrected chi connectivity index (χ0v) is 14.3. The van der Waals surface area contributed by atoms with Gasteiger partial charge in [0, 0.05) is 29.9 Å². The number of aromatic nitrogens is 5. The third-order valence-corrected chi connectivity index (χ3v) is 3.43. The molecule has 0 atom stereocenters. The van der Waals surface area contributed by atoms with Crippen molar-refractivity contribution in [1.82, 2.24) is 30.3 Å². The molecule has 128 valence electrons. The van der Waals surface area contributed by atoms with E-state index < -0.39 is 0 Å². The van der Waals surface area contributed by atoms with Gasteiger partial charge in [-0.05, 0) is 20.8 Å². The molecule has 0 bridgehead atoms. The van der Waals surface area contributed by atoms with Crippen LogP contribution in [-0.4, -0.2) is 36.8 Å². The summed E-state index contributed by atoms with van der Waals surface area (Å²) in [7, 11) is 0. The molecule has 0 aliphatic carbocycles. The molecule has 0 fully saturated rings. The first-order valence-electron chi connectivity index (χ1n) is 7.66. The van der Waals surface area contributed by atoms with E-state index >= 15 is 0 Å². The molecule has 9 heteroatoms. The van der Waals surface area contributed by atoms with Crippen LogP contribution in [0.5, 0.6) is 0 Å². The van der Waals surface area contributed by atoms with E-state index in [0.29, 0.717) is 24.6 Å². The Balaban J connectivity index is 1.91. The first-order valence-corrected chi connectivity index (χ1v) is 7.66. The van der Waals surface area contributed by atoms with Crippen molar-refractivity contribution in [2.24, 2.45) is 0 Å². The fraction of sp³-hybridized carbons (Fsp3) is 0.467. The van der Waals surface area contributed by atoms with Crippen LogP contribution in [0.15, 0.2) is 6.20 Å². The second kappa shape index (κ2) is 7.62. The third kappa shape index (κ3) is 4.58. The van der Waals surface area contributed by atoms with Gasteiger partial charge in [-0.2, -0.15) is 0 Å². The normalized spacial score (nSPS) is 10.5. The summed E-state index contributed by atoms with van der Waals surface area (Å²) in [5, 5.41) is 13.0. The van der Waals surface area contributed by atoms with E-state index in [9.17, 15) is 9.59 Å². The van der Waals surface area contributed by atoms with Crippen molar-refractivity contribution in [1.29, 1.82) is 0 Å². The number of hydrogen-bond donors (Lipinski definition) is 2. The van der Waals surface area contributed by atoms with Crippen LogP contribution in [0, 0.1) is 20.8 Å². The molecule has 9 nitrogen and oxygen atoms in total. The highest BCUT2D eigenvalue weighted by molar-refractivity contribution is 5.89. The standard InChI is InChI=1S/C15H21N7O2/c1-5-14(23)19-13-7-22(21-20-13)8-15(24)16-6-12-9(2)17-11(4)18-10(12)3/h7H,5-6,8H2,1-4H3,(H,16,24)(H,19,23). The van der Waals surface area contributed by atoms with E-state index in [4.69, 9.17) is 0 Å². The highest BCUT2D eigenvalue weighted by Crippen LogP contribution is 2.09. The van der Waals surface area contributed by atoms with Crippen LogP contribution in [0.2, 0.25) is 0 Å². The fourth-order valence-corrected chi connectivity index (χ4v) is 2.22. The molecule has 0 spiro atoms. The topological polar surface area (TPSA) is 115 Å². The average molecular weight is 331 g/mol. The van der Waals surface area contributed by atoms with Gasteiger partial charge in [0.15, 0.2) is 5.82 Å². The molecule has 0 aliphatic heterocycles. The van der Waals surface area contributed by atoms with E-state index in [1.807, 2.05) is 20.8 Å². The summed E-state index contributed by atoms with van der Waals surface area (Å²) in [6.45, 7) is 7.73. The van der Waals surface area contributed by atoms with Crippen molar-refractivity contribution in [2.45, 2.75) is 47.2 Å². The summed E-state index contributed by atoms with van der Waals surface area (Å²) in [6, 6.07) is 0. The average Bonchev–Trinajstić information content (AvgIpc) is 2.92. The molecule has 0 aliphatic rings. The van der Waals surface area contributed by atoms with Crippen molar-refractivity contribution in [2.75, 3.05) is 5.32 Å². The molecule has 2 aromatic heterocycles. The molecule has 0 saturated heterocycles. The van der Waals surface area contributed by atoms with Crippen LogP contribution < -0.4 is 10.6 Å². The molecule has 0 aromatic carbocycles. The lowest BCUT2D eigenvalue weighted by molar-refractivity contribution is -0.122. The summed E-state index contributed by atoms with van der Waals surface area (Å²) in [5.41, 5.74) is 2.61. The number of amides is 2. The highest BCUT2D eigenvalue weighted by atomic mass is 16.2. The second-order valence-electron chi connectivity index (χ2n) is 5.40. The van der Waals surface area contributed by atoms with Crippen LogP contribution in [0.1, 0.15) is 36.1 Å². The van der Waals surface area contributed by atoms with Gasteiger partial charge in [0.1, 0.15) is 12.4 Å². The number of rotatable bonds is 6. The van der Waals surface area contributed by atoms with Gasteiger partial charge in [0.2, 0.25) is 11.8 Å². The molecule has 0 radical (unpaired) electrons. The monoisotopic (exact) mass is 331 g/mol. The third-order valence-electron chi connectivity index (χ3n) is 3.43. The molecular weight excluding hydrogens is 310 g/mol. The molecule has 2 aromatic rings. The first kappa shape index (κ1) is 17.5. The zero-order chi connectivity index (χ0) is 17.7. The largest absolute Gasteiger partial charge is 0.350 e. The molecule has 0 saturated carbocycles. The quantitative estimate of drug-likeness (QED) is 0.803. The van der Waals surface area contributed by atoms with Crippen molar-refractivity contribution >= 4 is 17.6 Å². The lowest BCUT2D eigenvalue weighted by Crippen LogP contribution is -2.28. The second-order valence-corrected chi connectivity index (χ2v) is 5.40. The predicted molar refractivity (Wildman–Crippen MR) is 87.0 cm³/mol. The Kier molecular flexibility index (Phi) is 5.56. The van der Waals surface area contributed by atoms with Gasteiger partial charge < -0.3 is 10.6 Å². The van der Waals surface area contributed by atoms with E-state index in [2.05, 4.69) is 30.9 Å². The van der Waals surface area contributed by atoms with E-state index in [1.54, 1.807) is 6.92 Å². The molecule has 2 heterocycles. The molecular formula is C15H21N7O2. The summed E-state index contributed by atoms with van der Waals surface area (Å²) >= 11 is 0.